The summed E-state index contributed by atoms with van der Waals surface area (Å²) in [6, 6.07) is 13.2. The molecule has 6 nitrogen and oxygen atoms in total. The minimum absolute atomic E-state index is 0.151. The molecule has 1 saturated heterocycles. The van der Waals surface area contributed by atoms with Crippen LogP contribution in [-0.2, 0) is 14.8 Å². The van der Waals surface area contributed by atoms with Crippen LogP contribution in [0.4, 0.5) is 5.69 Å². The first-order valence-corrected chi connectivity index (χ1v) is 11.5. The van der Waals surface area contributed by atoms with Crippen LogP contribution in [-0.4, -0.2) is 63.4 Å². The first-order chi connectivity index (χ1) is 13.8. The number of amides is 1. The molecule has 0 spiro atoms. The highest BCUT2D eigenvalue weighted by Gasteiger charge is 2.30. The number of carbonyl (C=O) groups is 1. The monoisotopic (exact) mass is 435 g/mol. The highest BCUT2D eigenvalue weighted by atomic mass is 35.5. The van der Waals surface area contributed by atoms with Crippen LogP contribution >= 0.6 is 11.6 Å². The third kappa shape index (κ3) is 4.91. The fraction of sp³-hybridized carbons (Fsp3) is 0.381. The van der Waals surface area contributed by atoms with Gasteiger partial charge in [0.15, 0.2) is 0 Å². The van der Waals surface area contributed by atoms with Crippen molar-refractivity contribution in [3.8, 4) is 0 Å². The summed E-state index contributed by atoms with van der Waals surface area (Å²) in [6.07, 6.45) is 0. The van der Waals surface area contributed by atoms with Gasteiger partial charge < -0.3 is 9.80 Å². The maximum absolute atomic E-state index is 13.4. The Morgan fingerprint density at radius 2 is 1.72 bits per heavy atom. The molecule has 8 heteroatoms. The van der Waals surface area contributed by atoms with E-state index >= 15 is 0 Å². The van der Waals surface area contributed by atoms with Crippen molar-refractivity contribution in [2.24, 2.45) is 0 Å². The first kappa shape index (κ1) is 21.6. The second kappa shape index (κ2) is 9.15. The van der Waals surface area contributed by atoms with Gasteiger partial charge in [0, 0.05) is 31.2 Å². The van der Waals surface area contributed by atoms with Crippen LogP contribution in [0.2, 0.25) is 5.02 Å². The summed E-state index contributed by atoms with van der Waals surface area (Å²) < 4.78 is 28.0. The molecule has 1 heterocycles. The molecular formula is C21H26ClN3O3S. The average Bonchev–Trinajstić information content (AvgIpc) is 2.73. The van der Waals surface area contributed by atoms with Gasteiger partial charge >= 0.3 is 0 Å². The van der Waals surface area contributed by atoms with Gasteiger partial charge in [0.25, 0.3) is 10.0 Å². The SMILES string of the molecule is CCN1CCN(C(=O)CN(c2ccc(Cl)cc2C)S(=O)(=O)c2ccccc2)CC1. The van der Waals surface area contributed by atoms with Crippen LogP contribution in [0.5, 0.6) is 0 Å². The lowest BCUT2D eigenvalue weighted by Crippen LogP contribution is -2.51. The number of piperazine rings is 1. The quantitative estimate of drug-likeness (QED) is 0.699. The van der Waals surface area contributed by atoms with E-state index in [9.17, 15) is 13.2 Å². The topological polar surface area (TPSA) is 60.9 Å². The zero-order valence-corrected chi connectivity index (χ0v) is 18.3. The van der Waals surface area contributed by atoms with Gasteiger partial charge in [-0.05, 0) is 49.4 Å². The smallest absolute Gasteiger partial charge is 0.264 e. The van der Waals surface area contributed by atoms with Crippen molar-refractivity contribution >= 4 is 33.2 Å². The van der Waals surface area contributed by atoms with E-state index < -0.39 is 10.0 Å². The number of benzene rings is 2. The van der Waals surface area contributed by atoms with Crippen molar-refractivity contribution < 1.29 is 13.2 Å². The highest BCUT2D eigenvalue weighted by molar-refractivity contribution is 7.92. The molecule has 2 aromatic rings. The van der Waals surface area contributed by atoms with Gasteiger partial charge in [-0.3, -0.25) is 9.10 Å². The van der Waals surface area contributed by atoms with E-state index in [1.54, 1.807) is 48.2 Å². The molecule has 0 aliphatic carbocycles. The molecule has 0 aromatic heterocycles. The van der Waals surface area contributed by atoms with Crippen molar-refractivity contribution in [2.75, 3.05) is 43.6 Å². The number of hydrogen-bond acceptors (Lipinski definition) is 4. The number of halogens is 1. The van der Waals surface area contributed by atoms with E-state index in [4.69, 9.17) is 11.6 Å². The molecule has 1 amide bonds. The Hall–Kier alpha value is -2.09. The molecular weight excluding hydrogens is 410 g/mol. The lowest BCUT2D eigenvalue weighted by molar-refractivity contribution is -0.131. The van der Waals surface area contributed by atoms with Gasteiger partial charge in [0.1, 0.15) is 6.54 Å². The van der Waals surface area contributed by atoms with Crippen LogP contribution in [0.3, 0.4) is 0 Å². The number of anilines is 1. The Kier molecular flexibility index (Phi) is 6.82. The van der Waals surface area contributed by atoms with E-state index in [0.717, 1.165) is 19.6 Å². The molecule has 0 unspecified atom stereocenters. The molecule has 1 aliphatic heterocycles. The highest BCUT2D eigenvalue weighted by Crippen LogP contribution is 2.29. The molecule has 29 heavy (non-hydrogen) atoms. The molecule has 0 N–H and O–H groups in total. The van der Waals surface area contributed by atoms with Gasteiger partial charge in [-0.1, -0.05) is 36.7 Å². The van der Waals surface area contributed by atoms with Crippen molar-refractivity contribution in [2.45, 2.75) is 18.7 Å². The van der Waals surface area contributed by atoms with Crippen molar-refractivity contribution in [3.63, 3.8) is 0 Å². The Balaban J connectivity index is 1.92. The standard InChI is InChI=1S/C21H26ClN3O3S/c1-3-23-11-13-24(14-12-23)21(26)16-25(20-10-9-18(22)15-17(20)2)29(27,28)19-7-5-4-6-8-19/h4-10,15H,3,11-14,16H2,1-2H3. The Morgan fingerprint density at radius 1 is 1.07 bits per heavy atom. The normalized spacial score (nSPS) is 15.3. The maximum atomic E-state index is 13.4. The lowest BCUT2D eigenvalue weighted by atomic mass is 10.2. The number of aryl methyl sites for hydroxylation is 1. The zero-order valence-electron chi connectivity index (χ0n) is 16.7. The van der Waals surface area contributed by atoms with Gasteiger partial charge in [-0.2, -0.15) is 0 Å². The van der Waals surface area contributed by atoms with Crippen molar-refractivity contribution in [1.82, 2.24) is 9.80 Å². The van der Waals surface area contributed by atoms with E-state index in [1.165, 1.54) is 16.4 Å². The number of sulfonamides is 1. The molecule has 0 saturated carbocycles. The Bertz CT molecular complexity index is 958. The van der Waals surface area contributed by atoms with Gasteiger partial charge in [-0.25, -0.2) is 8.42 Å². The van der Waals surface area contributed by atoms with E-state index in [2.05, 4.69) is 11.8 Å². The van der Waals surface area contributed by atoms with Crippen LogP contribution in [0.15, 0.2) is 53.4 Å². The summed E-state index contributed by atoms with van der Waals surface area (Å²) in [5.41, 5.74) is 1.15. The summed E-state index contributed by atoms with van der Waals surface area (Å²) in [6.45, 7) is 7.39. The molecule has 0 radical (unpaired) electrons. The first-order valence-electron chi connectivity index (χ1n) is 9.67. The number of hydrogen-bond donors (Lipinski definition) is 0. The summed E-state index contributed by atoms with van der Waals surface area (Å²) in [4.78, 5) is 17.2. The lowest BCUT2D eigenvalue weighted by Gasteiger charge is -2.35. The zero-order chi connectivity index (χ0) is 21.0. The van der Waals surface area contributed by atoms with Crippen LogP contribution in [0.25, 0.3) is 0 Å². The van der Waals surface area contributed by atoms with Crippen molar-refractivity contribution in [3.05, 3.63) is 59.1 Å². The van der Waals surface area contributed by atoms with Gasteiger partial charge in [-0.15, -0.1) is 0 Å². The third-order valence-corrected chi connectivity index (χ3v) is 7.22. The van der Waals surface area contributed by atoms with Crippen LogP contribution < -0.4 is 4.31 Å². The molecule has 0 atom stereocenters. The van der Waals surface area contributed by atoms with Gasteiger partial charge in [0.05, 0.1) is 10.6 Å². The number of nitrogens with zero attached hydrogens (tertiary/aromatic N) is 3. The summed E-state index contributed by atoms with van der Waals surface area (Å²) in [5, 5.41) is 0.519. The Labute approximate surface area is 177 Å². The van der Waals surface area contributed by atoms with E-state index in [-0.39, 0.29) is 17.3 Å². The number of rotatable bonds is 6. The number of carbonyl (C=O) groups excluding carboxylic acids is 1. The summed E-state index contributed by atoms with van der Waals surface area (Å²) in [5.74, 6) is -0.199. The minimum Gasteiger partial charge on any atom is -0.339 e. The molecule has 156 valence electrons. The fourth-order valence-corrected chi connectivity index (χ4v) is 5.18. The van der Waals surface area contributed by atoms with E-state index in [1.807, 2.05) is 0 Å². The Morgan fingerprint density at radius 3 is 2.31 bits per heavy atom. The number of likely N-dealkylation sites (N-methyl/N-ethyl adjacent to an activating group) is 1. The minimum atomic E-state index is -3.91. The average molecular weight is 436 g/mol. The van der Waals surface area contributed by atoms with Crippen molar-refractivity contribution in [1.29, 1.82) is 0 Å². The molecule has 1 aliphatic rings. The summed E-state index contributed by atoms with van der Waals surface area (Å²) >= 11 is 6.06. The second-order valence-corrected chi connectivity index (χ2v) is 9.37. The predicted octanol–water partition coefficient (Wildman–Crippen LogP) is 3.01. The molecule has 3 rings (SSSR count). The maximum Gasteiger partial charge on any atom is 0.264 e. The molecule has 1 fully saturated rings. The van der Waals surface area contributed by atoms with Gasteiger partial charge in [0.2, 0.25) is 5.91 Å². The molecule has 2 aromatic carbocycles. The summed E-state index contributed by atoms with van der Waals surface area (Å²) in [7, 11) is -3.91. The largest absolute Gasteiger partial charge is 0.339 e. The van der Waals surface area contributed by atoms with Crippen LogP contribution in [0, 0.1) is 6.92 Å². The van der Waals surface area contributed by atoms with Crippen LogP contribution in [0.1, 0.15) is 12.5 Å². The molecule has 0 bridgehead atoms. The van der Waals surface area contributed by atoms with E-state index in [0.29, 0.717) is 29.4 Å². The third-order valence-electron chi connectivity index (χ3n) is 5.21. The predicted molar refractivity (Wildman–Crippen MR) is 116 cm³/mol. The second-order valence-electron chi connectivity index (χ2n) is 7.07. The fourth-order valence-electron chi connectivity index (χ4n) is 3.45.